The maximum Gasteiger partial charge on any atom is 0.267 e. The summed E-state index contributed by atoms with van der Waals surface area (Å²) in [5.41, 5.74) is -0.417. The number of hydrogen-bond acceptors (Lipinski definition) is 4. The molecule has 6 aliphatic carbocycles. The standard InChI is InChI=1S/C23H26F3NO4S/c24-19-7-20(31-11-22-8-12-3-13(9-22)5-14(22)4-12)16(18-10-23(18,25)26)6-17(19)21(28)27-32(29,30)15-1-2-15/h6-7,12-15,18H,1-5,8-11H2,(H,27,28). The fraction of sp³-hybridized carbons (Fsp3) is 0.696. The molecule has 4 bridgehead atoms. The SMILES string of the molecule is O=C(NS(=O)(=O)C1CC1)c1cc(C2CC2(F)F)c(OCC23CC4CC(CC2C4)C3)cc1F. The summed E-state index contributed by atoms with van der Waals surface area (Å²) in [7, 11) is -3.88. The zero-order valence-corrected chi connectivity index (χ0v) is 18.4. The van der Waals surface area contributed by atoms with Crippen molar-refractivity contribution in [3.8, 4) is 5.75 Å². The molecule has 9 heteroatoms. The van der Waals surface area contributed by atoms with Gasteiger partial charge in [-0.25, -0.2) is 26.3 Å². The van der Waals surface area contributed by atoms with Crippen LogP contribution in [0.5, 0.6) is 5.75 Å². The van der Waals surface area contributed by atoms with E-state index in [2.05, 4.69) is 0 Å². The third kappa shape index (κ3) is 3.33. The van der Waals surface area contributed by atoms with Crippen LogP contribution in [-0.4, -0.2) is 32.1 Å². The molecule has 6 fully saturated rings. The topological polar surface area (TPSA) is 72.5 Å². The zero-order chi connectivity index (χ0) is 22.5. The van der Waals surface area contributed by atoms with Crippen molar-refractivity contribution in [2.24, 2.45) is 23.2 Å². The summed E-state index contributed by atoms with van der Waals surface area (Å²) in [6, 6.07) is 2.04. The first-order chi connectivity index (χ1) is 15.1. The van der Waals surface area contributed by atoms with Gasteiger partial charge < -0.3 is 4.74 Å². The van der Waals surface area contributed by atoms with Crippen LogP contribution in [0.3, 0.4) is 0 Å². The lowest BCUT2D eigenvalue weighted by atomic mass is 9.76. The van der Waals surface area contributed by atoms with Crippen LogP contribution in [0.1, 0.15) is 73.2 Å². The number of alkyl halides is 2. The van der Waals surface area contributed by atoms with Gasteiger partial charge in [0.25, 0.3) is 11.8 Å². The molecule has 0 heterocycles. The maximum atomic E-state index is 14.9. The van der Waals surface area contributed by atoms with Crippen molar-refractivity contribution >= 4 is 15.9 Å². The summed E-state index contributed by atoms with van der Waals surface area (Å²) in [5.74, 6) is -4.14. The summed E-state index contributed by atoms with van der Waals surface area (Å²) < 4.78 is 74.8. The zero-order valence-electron chi connectivity index (χ0n) is 17.6. The summed E-state index contributed by atoms with van der Waals surface area (Å²) in [6.45, 7) is 0.372. The van der Waals surface area contributed by atoms with E-state index < -0.39 is 50.8 Å². The molecule has 1 aromatic rings. The molecule has 3 atom stereocenters. The largest absolute Gasteiger partial charge is 0.493 e. The lowest BCUT2D eigenvalue weighted by Gasteiger charge is -2.33. The second-order valence-corrected chi connectivity index (χ2v) is 12.7. The average Bonchev–Trinajstić information content (AvgIpc) is 3.60. The smallest absolute Gasteiger partial charge is 0.267 e. The second-order valence-electron chi connectivity index (χ2n) is 10.8. The third-order valence-electron chi connectivity index (χ3n) is 8.42. The highest BCUT2D eigenvalue weighted by Gasteiger charge is 2.60. The number of carbonyl (C=O) groups excluding carboxylic acids is 1. The van der Waals surface area contributed by atoms with Crippen molar-refractivity contribution < 1.29 is 31.1 Å². The summed E-state index contributed by atoms with van der Waals surface area (Å²) >= 11 is 0. The Morgan fingerprint density at radius 1 is 1.09 bits per heavy atom. The van der Waals surface area contributed by atoms with E-state index in [4.69, 9.17) is 4.74 Å². The average molecular weight is 470 g/mol. The minimum atomic E-state index is -3.88. The van der Waals surface area contributed by atoms with Gasteiger partial charge in [-0.2, -0.15) is 0 Å². The van der Waals surface area contributed by atoms with Crippen molar-refractivity contribution in [3.63, 3.8) is 0 Å². The molecule has 1 aromatic carbocycles. The first-order valence-electron chi connectivity index (χ1n) is 11.5. The van der Waals surface area contributed by atoms with E-state index in [1.54, 1.807) is 0 Å². The highest BCUT2D eigenvalue weighted by molar-refractivity contribution is 7.91. The Labute approximate surface area is 185 Å². The number of rotatable bonds is 7. The molecule has 0 aliphatic heterocycles. The van der Waals surface area contributed by atoms with Crippen LogP contribution < -0.4 is 9.46 Å². The number of benzene rings is 1. The molecule has 1 amide bonds. The summed E-state index contributed by atoms with van der Waals surface area (Å²) in [6.07, 6.45) is 6.29. The fourth-order valence-electron chi connectivity index (χ4n) is 6.76. The number of carbonyl (C=O) groups is 1. The first kappa shape index (κ1) is 20.8. The van der Waals surface area contributed by atoms with Gasteiger partial charge in [-0.05, 0) is 68.8 Å². The van der Waals surface area contributed by atoms with Gasteiger partial charge in [-0.15, -0.1) is 0 Å². The number of sulfonamides is 1. The van der Waals surface area contributed by atoms with Gasteiger partial charge in [0.1, 0.15) is 11.6 Å². The summed E-state index contributed by atoms with van der Waals surface area (Å²) in [5, 5.41) is -0.652. The molecule has 0 spiro atoms. The van der Waals surface area contributed by atoms with Gasteiger partial charge in [0.05, 0.1) is 23.3 Å². The molecule has 5 nitrogen and oxygen atoms in total. The van der Waals surface area contributed by atoms with Gasteiger partial charge >= 0.3 is 0 Å². The molecule has 32 heavy (non-hydrogen) atoms. The molecule has 0 radical (unpaired) electrons. The minimum absolute atomic E-state index is 0.0434. The molecule has 174 valence electrons. The van der Waals surface area contributed by atoms with Crippen LogP contribution in [0.25, 0.3) is 0 Å². The third-order valence-corrected chi connectivity index (χ3v) is 10.2. The van der Waals surface area contributed by atoms with E-state index in [-0.39, 0.29) is 16.7 Å². The van der Waals surface area contributed by atoms with E-state index in [1.165, 1.54) is 19.3 Å². The Kier molecular flexibility index (Phi) is 4.32. The van der Waals surface area contributed by atoms with Crippen LogP contribution in [0.2, 0.25) is 0 Å². The van der Waals surface area contributed by atoms with Crippen LogP contribution in [0, 0.1) is 29.0 Å². The monoisotopic (exact) mass is 469 g/mol. The Morgan fingerprint density at radius 2 is 1.75 bits per heavy atom. The van der Waals surface area contributed by atoms with Crippen molar-refractivity contribution in [1.82, 2.24) is 4.72 Å². The van der Waals surface area contributed by atoms with Gasteiger partial charge in [0.15, 0.2) is 0 Å². The highest BCUT2D eigenvalue weighted by atomic mass is 32.2. The van der Waals surface area contributed by atoms with Crippen LogP contribution >= 0.6 is 0 Å². The number of amides is 1. The normalized spacial score (nSPS) is 36.3. The number of hydrogen-bond donors (Lipinski definition) is 1. The second kappa shape index (κ2) is 6.64. The fourth-order valence-corrected chi connectivity index (χ4v) is 8.05. The van der Waals surface area contributed by atoms with Crippen molar-refractivity contribution in [3.05, 3.63) is 29.1 Å². The van der Waals surface area contributed by atoms with Gasteiger partial charge in [0, 0.05) is 23.5 Å². The van der Waals surface area contributed by atoms with Gasteiger partial charge in [0.2, 0.25) is 10.0 Å². The van der Waals surface area contributed by atoms with Crippen LogP contribution in [0.4, 0.5) is 13.2 Å². The number of halogens is 3. The Morgan fingerprint density at radius 3 is 2.34 bits per heavy atom. The molecule has 6 aliphatic rings. The van der Waals surface area contributed by atoms with E-state index in [0.29, 0.717) is 37.2 Å². The molecular weight excluding hydrogens is 443 g/mol. The molecule has 1 N–H and O–H groups in total. The molecule has 3 unspecified atom stereocenters. The van der Waals surface area contributed by atoms with Gasteiger partial charge in [-0.3, -0.25) is 4.79 Å². The lowest BCUT2D eigenvalue weighted by molar-refractivity contribution is 0.0966. The molecule has 0 saturated heterocycles. The van der Waals surface area contributed by atoms with Crippen molar-refractivity contribution in [1.29, 1.82) is 0 Å². The minimum Gasteiger partial charge on any atom is -0.493 e. The summed E-state index contributed by atoms with van der Waals surface area (Å²) in [4.78, 5) is 12.5. The molecule has 6 saturated carbocycles. The predicted octanol–water partition coefficient (Wildman–Crippen LogP) is 4.38. The van der Waals surface area contributed by atoms with Crippen LogP contribution in [-0.2, 0) is 10.0 Å². The van der Waals surface area contributed by atoms with E-state index in [0.717, 1.165) is 25.0 Å². The van der Waals surface area contributed by atoms with Crippen LogP contribution in [0.15, 0.2) is 12.1 Å². The van der Waals surface area contributed by atoms with Crippen molar-refractivity contribution in [2.75, 3.05) is 6.61 Å². The highest BCUT2D eigenvalue weighted by Crippen LogP contribution is 2.65. The molecule has 7 rings (SSSR count). The Bertz CT molecular complexity index is 1090. The van der Waals surface area contributed by atoms with Crippen molar-refractivity contribution in [2.45, 2.75) is 68.5 Å². The number of nitrogens with one attached hydrogen (secondary N) is 1. The predicted molar refractivity (Wildman–Crippen MR) is 110 cm³/mol. The van der Waals surface area contributed by atoms with E-state index in [9.17, 15) is 26.4 Å². The molecular formula is C23H26F3NO4S. The maximum absolute atomic E-state index is 14.9. The lowest BCUT2D eigenvalue weighted by Crippen LogP contribution is -2.34. The quantitative estimate of drug-likeness (QED) is 0.644. The Balaban J connectivity index is 1.27. The number of ether oxygens (including phenoxy) is 1. The Hall–Kier alpha value is -1.77. The van der Waals surface area contributed by atoms with E-state index in [1.807, 2.05) is 4.72 Å². The van der Waals surface area contributed by atoms with E-state index >= 15 is 0 Å². The van der Waals surface area contributed by atoms with Gasteiger partial charge in [-0.1, -0.05) is 0 Å². The molecule has 0 aromatic heterocycles. The first-order valence-corrected chi connectivity index (χ1v) is 13.0.